The molecule has 0 aliphatic carbocycles. The summed E-state index contributed by atoms with van der Waals surface area (Å²) < 4.78 is 0. The van der Waals surface area contributed by atoms with Crippen molar-refractivity contribution in [3.8, 4) is 0 Å². The van der Waals surface area contributed by atoms with Gasteiger partial charge in [0.1, 0.15) is 0 Å². The zero-order valence-electron chi connectivity index (χ0n) is 16.3. The van der Waals surface area contributed by atoms with Crippen molar-refractivity contribution >= 4 is 30.8 Å². The fraction of sp³-hybridized carbons (Fsp3) is 0.650. The van der Waals surface area contributed by atoms with Gasteiger partial charge < -0.3 is 4.90 Å². The van der Waals surface area contributed by atoms with E-state index in [9.17, 15) is 4.79 Å². The number of benzene rings is 1. The average molecular weight is 368 g/mol. The number of halogens is 1. The molecule has 1 amide bonds. The highest BCUT2D eigenvalue weighted by Gasteiger charge is 2.28. The third-order valence-electron chi connectivity index (χ3n) is 4.59. The Morgan fingerprint density at radius 3 is 2.17 bits per heavy atom. The summed E-state index contributed by atoms with van der Waals surface area (Å²) in [7, 11) is -1.64. The highest BCUT2D eigenvalue weighted by Crippen LogP contribution is 2.25. The summed E-state index contributed by atoms with van der Waals surface area (Å²) in [4.78, 5) is 15.0. The van der Waals surface area contributed by atoms with Crippen LogP contribution in [0, 0.1) is 0 Å². The highest BCUT2D eigenvalue weighted by atomic mass is 35.5. The minimum atomic E-state index is -1.64. The fourth-order valence-electron chi connectivity index (χ4n) is 3.06. The molecule has 24 heavy (non-hydrogen) atoms. The van der Waals surface area contributed by atoms with Crippen LogP contribution in [-0.2, 0) is 6.42 Å². The maximum absolute atomic E-state index is 13.1. The van der Waals surface area contributed by atoms with E-state index in [2.05, 4.69) is 38.7 Å². The van der Waals surface area contributed by atoms with Gasteiger partial charge in [-0.2, -0.15) is 0 Å². The average Bonchev–Trinajstić information content (AvgIpc) is 2.52. The molecule has 0 heterocycles. The molecule has 0 atom stereocenters. The van der Waals surface area contributed by atoms with Gasteiger partial charge in [-0.15, -0.1) is 0 Å². The van der Waals surface area contributed by atoms with Crippen molar-refractivity contribution in [1.29, 1.82) is 0 Å². The third-order valence-corrected chi connectivity index (χ3v) is 7.06. The lowest BCUT2D eigenvalue weighted by Gasteiger charge is -2.27. The number of hydrogen-bond acceptors (Lipinski definition) is 1. The van der Waals surface area contributed by atoms with Crippen molar-refractivity contribution in [2.24, 2.45) is 0 Å². The van der Waals surface area contributed by atoms with E-state index in [0.29, 0.717) is 5.02 Å². The van der Waals surface area contributed by atoms with Crippen LogP contribution in [0.1, 0.15) is 62.4 Å². The number of aryl methyl sites for hydroxylation is 1. The minimum absolute atomic E-state index is 0.0952. The molecule has 0 aliphatic rings. The van der Waals surface area contributed by atoms with Crippen molar-refractivity contribution in [2.75, 3.05) is 13.1 Å². The molecule has 0 radical (unpaired) electrons. The molecule has 0 unspecified atom stereocenters. The van der Waals surface area contributed by atoms with Crippen LogP contribution in [-0.4, -0.2) is 32.0 Å². The van der Waals surface area contributed by atoms with Crippen molar-refractivity contribution < 1.29 is 4.79 Å². The standard InChI is InChI=1S/C20H34ClNOSi/c1-7-10-11-12-13-16-14-15-17(24(4,5)6)18(19(16)21)20(23)22(8-2)9-3/h14-15H,7-13H2,1-6H3. The van der Waals surface area contributed by atoms with E-state index < -0.39 is 8.07 Å². The quantitative estimate of drug-likeness (QED) is 0.417. The molecule has 0 aliphatic heterocycles. The predicted molar refractivity (Wildman–Crippen MR) is 110 cm³/mol. The first-order valence-electron chi connectivity index (χ1n) is 9.38. The minimum Gasteiger partial charge on any atom is -0.339 e. The Balaban J connectivity index is 3.26. The number of amides is 1. The molecular formula is C20H34ClNOSi. The van der Waals surface area contributed by atoms with Gasteiger partial charge in [0.25, 0.3) is 5.91 Å². The van der Waals surface area contributed by atoms with Crippen LogP contribution < -0.4 is 5.19 Å². The number of carbonyl (C=O) groups excluding carboxylic acids is 1. The van der Waals surface area contributed by atoms with E-state index >= 15 is 0 Å². The smallest absolute Gasteiger partial charge is 0.255 e. The van der Waals surface area contributed by atoms with E-state index in [1.807, 2.05) is 18.7 Å². The first-order chi connectivity index (χ1) is 11.3. The summed E-state index contributed by atoms with van der Waals surface area (Å²) in [6.07, 6.45) is 5.81. The molecule has 136 valence electrons. The van der Waals surface area contributed by atoms with Gasteiger partial charge in [0, 0.05) is 13.1 Å². The lowest BCUT2D eigenvalue weighted by Crippen LogP contribution is -2.44. The Kier molecular flexibility index (Phi) is 8.51. The van der Waals surface area contributed by atoms with Gasteiger partial charge in [0.15, 0.2) is 0 Å². The molecule has 0 saturated heterocycles. The highest BCUT2D eigenvalue weighted by molar-refractivity contribution is 6.89. The molecule has 0 bridgehead atoms. The van der Waals surface area contributed by atoms with Gasteiger partial charge in [-0.1, -0.05) is 69.6 Å². The lowest BCUT2D eigenvalue weighted by molar-refractivity contribution is 0.0774. The zero-order chi connectivity index (χ0) is 18.3. The van der Waals surface area contributed by atoms with Crippen molar-refractivity contribution in [3.05, 3.63) is 28.3 Å². The molecule has 0 N–H and O–H groups in total. The van der Waals surface area contributed by atoms with Crippen LogP contribution >= 0.6 is 11.6 Å². The predicted octanol–water partition coefficient (Wildman–Crippen LogP) is 5.49. The topological polar surface area (TPSA) is 20.3 Å². The van der Waals surface area contributed by atoms with Gasteiger partial charge in [-0.05, 0) is 37.4 Å². The van der Waals surface area contributed by atoms with E-state index in [0.717, 1.165) is 37.1 Å². The number of rotatable bonds is 9. The molecule has 0 fully saturated rings. The van der Waals surface area contributed by atoms with Crippen molar-refractivity contribution in [3.63, 3.8) is 0 Å². The van der Waals surface area contributed by atoms with Crippen LogP contribution in [0.5, 0.6) is 0 Å². The Labute approximate surface area is 154 Å². The Morgan fingerprint density at radius 1 is 1.04 bits per heavy atom. The second-order valence-corrected chi connectivity index (χ2v) is 12.9. The number of hydrogen-bond donors (Lipinski definition) is 0. The summed E-state index contributed by atoms with van der Waals surface area (Å²) in [6, 6.07) is 4.32. The van der Waals surface area contributed by atoms with Crippen LogP contribution in [0.4, 0.5) is 0 Å². The van der Waals surface area contributed by atoms with Crippen LogP contribution in [0.2, 0.25) is 24.7 Å². The molecule has 1 aromatic carbocycles. The monoisotopic (exact) mass is 367 g/mol. The summed E-state index contributed by atoms with van der Waals surface area (Å²) in [5.74, 6) is 0.0952. The Hall–Kier alpha value is -0.803. The summed E-state index contributed by atoms with van der Waals surface area (Å²) >= 11 is 6.76. The SMILES string of the molecule is CCCCCCc1ccc([Si](C)(C)C)c(C(=O)N(CC)CC)c1Cl. The maximum atomic E-state index is 13.1. The molecule has 1 aromatic rings. The van der Waals surface area contributed by atoms with Gasteiger partial charge in [0.2, 0.25) is 0 Å². The number of nitrogens with zero attached hydrogens (tertiary/aromatic N) is 1. The van der Waals surface area contributed by atoms with Crippen molar-refractivity contribution in [2.45, 2.75) is 72.5 Å². The lowest BCUT2D eigenvalue weighted by atomic mass is 10.0. The molecule has 2 nitrogen and oxygen atoms in total. The van der Waals surface area contributed by atoms with Gasteiger partial charge >= 0.3 is 0 Å². The van der Waals surface area contributed by atoms with Gasteiger partial charge in [-0.25, -0.2) is 0 Å². The summed E-state index contributed by atoms with van der Waals surface area (Å²) in [5, 5.41) is 1.88. The molecule has 0 spiro atoms. The second kappa shape index (κ2) is 9.62. The van der Waals surface area contributed by atoms with Crippen molar-refractivity contribution in [1.82, 2.24) is 4.90 Å². The van der Waals surface area contributed by atoms with Crippen LogP contribution in [0.25, 0.3) is 0 Å². The Bertz CT molecular complexity index is 547. The number of carbonyl (C=O) groups is 1. The first-order valence-corrected chi connectivity index (χ1v) is 13.3. The molecule has 0 aromatic heterocycles. The second-order valence-electron chi connectivity index (χ2n) is 7.50. The normalized spacial score (nSPS) is 11.6. The van der Waals surface area contributed by atoms with Gasteiger partial charge in [0.05, 0.1) is 18.7 Å². The molecule has 0 saturated carbocycles. The van der Waals surface area contributed by atoms with E-state index in [-0.39, 0.29) is 5.91 Å². The maximum Gasteiger partial charge on any atom is 0.255 e. The van der Waals surface area contributed by atoms with Gasteiger partial charge in [-0.3, -0.25) is 4.79 Å². The Morgan fingerprint density at radius 2 is 1.67 bits per heavy atom. The van der Waals surface area contributed by atoms with Crippen LogP contribution in [0.3, 0.4) is 0 Å². The van der Waals surface area contributed by atoms with Crippen LogP contribution in [0.15, 0.2) is 12.1 Å². The van der Waals surface area contributed by atoms with E-state index in [1.54, 1.807) is 0 Å². The third kappa shape index (κ3) is 5.35. The zero-order valence-corrected chi connectivity index (χ0v) is 18.1. The summed E-state index contributed by atoms with van der Waals surface area (Å²) in [6.45, 7) is 14.5. The summed E-state index contributed by atoms with van der Waals surface area (Å²) in [5.41, 5.74) is 1.90. The number of unbranched alkanes of at least 4 members (excludes halogenated alkanes) is 3. The molecule has 1 rings (SSSR count). The molecule has 4 heteroatoms. The fourth-order valence-corrected chi connectivity index (χ4v) is 5.04. The molecular weight excluding hydrogens is 334 g/mol. The van der Waals surface area contributed by atoms with E-state index in [1.165, 1.54) is 24.4 Å². The van der Waals surface area contributed by atoms with E-state index in [4.69, 9.17) is 11.6 Å². The first kappa shape index (κ1) is 21.2. The largest absolute Gasteiger partial charge is 0.339 e.